The third-order valence-corrected chi connectivity index (χ3v) is 4.30. The highest BCUT2D eigenvalue weighted by Gasteiger charge is 2.30. The van der Waals surface area contributed by atoms with Crippen molar-refractivity contribution in [2.45, 2.75) is 38.8 Å². The highest BCUT2D eigenvalue weighted by molar-refractivity contribution is 5.89. The van der Waals surface area contributed by atoms with Crippen molar-refractivity contribution < 1.29 is 18.0 Å². The number of H-pyrrole nitrogens is 1. The minimum absolute atomic E-state index is 0.0327. The number of carbonyl (C=O) groups is 1. The second kappa shape index (κ2) is 7.45. The summed E-state index contributed by atoms with van der Waals surface area (Å²) in [4.78, 5) is 32.5. The summed E-state index contributed by atoms with van der Waals surface area (Å²) < 4.78 is 39.0. The molecule has 0 saturated carbocycles. The lowest BCUT2D eigenvalue weighted by molar-refractivity contribution is -0.137. The molecule has 2 N–H and O–H groups in total. The van der Waals surface area contributed by atoms with Gasteiger partial charge in [-0.05, 0) is 30.0 Å². The maximum atomic E-state index is 12.6. The normalized spacial score (nSPS) is 12.9. The van der Waals surface area contributed by atoms with Crippen LogP contribution in [0.25, 0.3) is 5.78 Å². The molecule has 0 fully saturated rings. The second-order valence-electron chi connectivity index (χ2n) is 6.42. The van der Waals surface area contributed by atoms with Crippen molar-refractivity contribution in [3.63, 3.8) is 0 Å². The number of nitrogens with one attached hydrogen (secondary N) is 2. The molecule has 0 radical (unpaired) electrons. The average Bonchev–Trinajstić information content (AvgIpc) is 3.03. The Labute approximate surface area is 157 Å². The van der Waals surface area contributed by atoms with E-state index in [1.54, 1.807) is 6.92 Å². The van der Waals surface area contributed by atoms with Crippen molar-refractivity contribution in [2.75, 3.05) is 5.32 Å². The molecule has 2 aromatic heterocycles. The molecule has 0 bridgehead atoms. The average molecular weight is 393 g/mol. The number of halogens is 3. The fraction of sp³-hybridized carbons (Fsp3) is 0.333. The van der Waals surface area contributed by atoms with Crippen LogP contribution >= 0.6 is 0 Å². The standard InChI is InChI=1S/C18H18F3N5O2/c1-3-13-9-15(28)26-17(22-13)24-16(25-26)23-14(27)8-10(2)11-4-6-12(7-5-11)18(19,20)21/h4-7,9-10H,3,8H2,1-2H3,(H2,22,23,24,25,27). The lowest BCUT2D eigenvalue weighted by Crippen LogP contribution is -2.17. The van der Waals surface area contributed by atoms with Crippen molar-refractivity contribution in [1.29, 1.82) is 0 Å². The maximum absolute atomic E-state index is 12.6. The molecule has 0 aliphatic rings. The number of rotatable bonds is 5. The molecule has 1 aromatic carbocycles. The Kier molecular flexibility index (Phi) is 5.21. The molecule has 10 heteroatoms. The summed E-state index contributed by atoms with van der Waals surface area (Å²) in [5.41, 5.74) is 0.121. The molecule has 2 heterocycles. The zero-order valence-electron chi connectivity index (χ0n) is 15.2. The van der Waals surface area contributed by atoms with E-state index in [1.807, 2.05) is 6.92 Å². The van der Waals surface area contributed by atoms with Crippen LogP contribution < -0.4 is 10.9 Å². The second-order valence-corrected chi connectivity index (χ2v) is 6.42. The Hall–Kier alpha value is -3.17. The SMILES string of the molecule is CCc1cc(=O)n2[nH]c(NC(=O)CC(C)c3ccc(C(F)(F)F)cc3)nc2n1. The molecule has 0 aliphatic carbocycles. The highest BCUT2D eigenvalue weighted by atomic mass is 19.4. The van der Waals surface area contributed by atoms with E-state index in [1.165, 1.54) is 18.2 Å². The largest absolute Gasteiger partial charge is 0.416 e. The van der Waals surface area contributed by atoms with Gasteiger partial charge in [-0.15, -0.1) is 0 Å². The smallest absolute Gasteiger partial charge is 0.295 e. The van der Waals surface area contributed by atoms with Crippen LogP contribution in [0.3, 0.4) is 0 Å². The minimum Gasteiger partial charge on any atom is -0.295 e. The van der Waals surface area contributed by atoms with E-state index in [4.69, 9.17) is 0 Å². The number of aromatic nitrogens is 4. The molecule has 0 spiro atoms. The number of carbonyl (C=O) groups excluding carboxylic acids is 1. The summed E-state index contributed by atoms with van der Waals surface area (Å²) in [6.07, 6.45) is -3.79. The van der Waals surface area contributed by atoms with Gasteiger partial charge in [0, 0.05) is 18.2 Å². The molecule has 28 heavy (non-hydrogen) atoms. The quantitative estimate of drug-likeness (QED) is 0.697. The van der Waals surface area contributed by atoms with Crippen LogP contribution in [-0.4, -0.2) is 25.5 Å². The van der Waals surface area contributed by atoms with E-state index in [-0.39, 0.29) is 29.6 Å². The summed E-state index contributed by atoms with van der Waals surface area (Å²) in [7, 11) is 0. The molecule has 7 nitrogen and oxygen atoms in total. The predicted molar refractivity (Wildman–Crippen MR) is 96.1 cm³/mol. The van der Waals surface area contributed by atoms with Crippen LogP contribution in [0.4, 0.5) is 19.1 Å². The summed E-state index contributed by atoms with van der Waals surface area (Å²) in [5.74, 6) is -0.479. The van der Waals surface area contributed by atoms with E-state index in [2.05, 4.69) is 20.4 Å². The van der Waals surface area contributed by atoms with Gasteiger partial charge in [0.1, 0.15) is 0 Å². The first kappa shape index (κ1) is 19.6. The third kappa shape index (κ3) is 4.21. The van der Waals surface area contributed by atoms with Crippen molar-refractivity contribution in [2.24, 2.45) is 0 Å². The number of benzene rings is 1. The molecule has 0 saturated heterocycles. The van der Waals surface area contributed by atoms with Gasteiger partial charge in [-0.3, -0.25) is 20.0 Å². The fourth-order valence-corrected chi connectivity index (χ4v) is 2.74. The summed E-state index contributed by atoms with van der Waals surface area (Å²) in [6.45, 7) is 3.59. The van der Waals surface area contributed by atoms with Crippen molar-refractivity contribution in [3.8, 4) is 0 Å². The minimum atomic E-state index is -4.40. The number of aryl methyl sites for hydroxylation is 1. The van der Waals surface area contributed by atoms with E-state index in [9.17, 15) is 22.8 Å². The Bertz CT molecular complexity index is 1050. The number of hydrogen-bond acceptors (Lipinski definition) is 4. The fourth-order valence-electron chi connectivity index (χ4n) is 2.74. The van der Waals surface area contributed by atoms with Crippen LogP contribution in [-0.2, 0) is 17.4 Å². The molecule has 1 atom stereocenters. The molecule has 3 aromatic rings. The summed E-state index contributed by atoms with van der Waals surface area (Å²) in [6, 6.07) is 6.08. The van der Waals surface area contributed by atoms with Gasteiger partial charge < -0.3 is 0 Å². The number of nitrogens with zero attached hydrogens (tertiary/aromatic N) is 3. The monoisotopic (exact) mass is 393 g/mol. The first-order valence-corrected chi connectivity index (χ1v) is 8.63. The number of fused-ring (bicyclic) bond motifs is 1. The molecular formula is C18H18F3N5O2. The Morgan fingerprint density at radius 1 is 1.25 bits per heavy atom. The van der Waals surface area contributed by atoms with Crippen molar-refractivity contribution >= 4 is 17.6 Å². The van der Waals surface area contributed by atoms with Crippen molar-refractivity contribution in [1.82, 2.24) is 19.6 Å². The van der Waals surface area contributed by atoms with Gasteiger partial charge in [-0.25, -0.2) is 4.98 Å². The van der Waals surface area contributed by atoms with Crippen LogP contribution in [0.5, 0.6) is 0 Å². The van der Waals surface area contributed by atoms with Gasteiger partial charge in [0.15, 0.2) is 0 Å². The zero-order valence-corrected chi connectivity index (χ0v) is 15.2. The lowest BCUT2D eigenvalue weighted by atomic mass is 9.96. The maximum Gasteiger partial charge on any atom is 0.416 e. The van der Waals surface area contributed by atoms with Crippen molar-refractivity contribution in [3.05, 3.63) is 57.5 Å². The van der Waals surface area contributed by atoms with Gasteiger partial charge in [0.25, 0.3) is 11.3 Å². The van der Waals surface area contributed by atoms with Gasteiger partial charge in [-0.2, -0.15) is 22.7 Å². The highest BCUT2D eigenvalue weighted by Crippen LogP contribution is 2.30. The lowest BCUT2D eigenvalue weighted by Gasteiger charge is -2.13. The number of aromatic amines is 1. The van der Waals surface area contributed by atoms with E-state index in [0.717, 1.165) is 16.6 Å². The van der Waals surface area contributed by atoms with E-state index in [0.29, 0.717) is 17.7 Å². The number of alkyl halides is 3. The first-order chi connectivity index (χ1) is 13.2. The van der Waals surface area contributed by atoms with E-state index < -0.39 is 17.6 Å². The topological polar surface area (TPSA) is 92.2 Å². The van der Waals surface area contributed by atoms with Crippen LogP contribution in [0.2, 0.25) is 0 Å². The van der Waals surface area contributed by atoms with Gasteiger partial charge in [0.2, 0.25) is 11.9 Å². The molecule has 148 valence electrons. The van der Waals surface area contributed by atoms with Crippen LogP contribution in [0, 0.1) is 0 Å². The van der Waals surface area contributed by atoms with Crippen LogP contribution in [0.1, 0.15) is 43.0 Å². The molecule has 1 unspecified atom stereocenters. The summed E-state index contributed by atoms with van der Waals surface area (Å²) >= 11 is 0. The van der Waals surface area contributed by atoms with Gasteiger partial charge >= 0.3 is 6.18 Å². The zero-order chi connectivity index (χ0) is 20.5. The molecular weight excluding hydrogens is 375 g/mol. The molecule has 0 aliphatic heterocycles. The van der Waals surface area contributed by atoms with Gasteiger partial charge in [-0.1, -0.05) is 26.0 Å². The Balaban J connectivity index is 1.69. The third-order valence-electron chi connectivity index (χ3n) is 4.30. The number of amides is 1. The Morgan fingerprint density at radius 3 is 2.54 bits per heavy atom. The first-order valence-electron chi connectivity index (χ1n) is 8.63. The number of hydrogen-bond donors (Lipinski definition) is 2. The summed E-state index contributed by atoms with van der Waals surface area (Å²) in [5, 5.41) is 5.20. The van der Waals surface area contributed by atoms with Crippen LogP contribution in [0.15, 0.2) is 35.1 Å². The van der Waals surface area contributed by atoms with E-state index >= 15 is 0 Å². The molecule has 3 rings (SSSR count). The Morgan fingerprint density at radius 2 is 1.93 bits per heavy atom. The van der Waals surface area contributed by atoms with Gasteiger partial charge in [0.05, 0.1) is 5.56 Å². The molecule has 1 amide bonds. The predicted octanol–water partition coefficient (Wildman–Crippen LogP) is 3.13. The number of anilines is 1.